The average molecular weight is 503 g/mol. The molecule has 28 heavy (non-hydrogen) atoms. The van der Waals surface area contributed by atoms with E-state index in [1.165, 1.54) is 0 Å². The number of rotatable bonds is 1. The zero-order chi connectivity index (χ0) is 19.6. The Kier molecular flexibility index (Phi) is 3.93. The number of hydrogen-bond acceptors (Lipinski definition) is 5. The summed E-state index contributed by atoms with van der Waals surface area (Å²) < 4.78 is 6.60. The molecule has 3 N–H and O–H groups in total. The minimum Gasteiger partial charge on any atom is -0.508 e. The highest BCUT2D eigenvalue weighted by Gasteiger charge is 2.40. The molecule has 0 radical (unpaired) electrons. The third-order valence-corrected chi connectivity index (χ3v) is 6.24. The second-order valence-electron chi connectivity index (χ2n) is 6.79. The first kappa shape index (κ1) is 17.6. The van der Waals surface area contributed by atoms with E-state index in [0.29, 0.717) is 21.3 Å². The van der Waals surface area contributed by atoms with Gasteiger partial charge in [0.15, 0.2) is 0 Å². The van der Waals surface area contributed by atoms with Gasteiger partial charge in [-0.2, -0.15) is 0 Å². The van der Waals surface area contributed by atoms with Crippen LogP contribution in [0.1, 0.15) is 17.0 Å². The van der Waals surface area contributed by atoms with E-state index < -0.39 is 11.9 Å². The first-order valence-electron chi connectivity index (χ1n) is 8.55. The molecule has 3 aromatic rings. The fourth-order valence-electron chi connectivity index (χ4n) is 3.95. The van der Waals surface area contributed by atoms with E-state index in [1.54, 1.807) is 18.2 Å². The molecule has 1 unspecified atom stereocenters. The first-order valence-corrected chi connectivity index (χ1v) is 10.1. The standard InChI is InChI=1S/C21H13Br2NO4/c22-10-5-14(20(26)15(23)6-10)17-12-4-2-9-1-3-11(25)7-13(9)19(12)24-16-8-28-21(27)18(16)17/h1-7,17,24-26H,8H2. The molecule has 5 rings (SSSR count). The number of ether oxygens (including phenoxy) is 1. The van der Waals surface area contributed by atoms with Crippen molar-refractivity contribution in [3.05, 3.63) is 73.8 Å². The van der Waals surface area contributed by atoms with Crippen LogP contribution in [0, 0.1) is 0 Å². The summed E-state index contributed by atoms with van der Waals surface area (Å²) in [6, 6.07) is 12.6. The van der Waals surface area contributed by atoms with Gasteiger partial charge in [0.25, 0.3) is 0 Å². The molecule has 5 nitrogen and oxygen atoms in total. The smallest absolute Gasteiger partial charge is 0.337 e. The molecule has 0 saturated carbocycles. The molecule has 2 heterocycles. The Morgan fingerprint density at radius 3 is 2.64 bits per heavy atom. The number of hydrogen-bond donors (Lipinski definition) is 3. The monoisotopic (exact) mass is 501 g/mol. The highest BCUT2D eigenvalue weighted by molar-refractivity contribution is 9.11. The molecule has 0 fully saturated rings. The van der Waals surface area contributed by atoms with Crippen LogP contribution in [0.25, 0.3) is 10.8 Å². The molecule has 0 amide bonds. The van der Waals surface area contributed by atoms with Gasteiger partial charge in [0.05, 0.1) is 21.4 Å². The Hall–Kier alpha value is -2.51. The Labute approximate surface area is 176 Å². The predicted octanol–water partition coefficient (Wildman–Crippen LogP) is 5.14. The number of carbonyl (C=O) groups excluding carboxylic acids is 1. The van der Waals surface area contributed by atoms with Crippen molar-refractivity contribution >= 4 is 54.3 Å². The van der Waals surface area contributed by atoms with Crippen molar-refractivity contribution in [2.45, 2.75) is 5.92 Å². The van der Waals surface area contributed by atoms with E-state index in [1.807, 2.05) is 24.3 Å². The van der Waals surface area contributed by atoms with E-state index in [9.17, 15) is 15.0 Å². The molecule has 0 aromatic heterocycles. The predicted molar refractivity (Wildman–Crippen MR) is 113 cm³/mol. The Morgan fingerprint density at radius 2 is 1.82 bits per heavy atom. The van der Waals surface area contributed by atoms with Crippen LogP contribution in [0.2, 0.25) is 0 Å². The number of halogens is 2. The minimum absolute atomic E-state index is 0.0728. The summed E-state index contributed by atoms with van der Waals surface area (Å²) in [7, 11) is 0. The van der Waals surface area contributed by atoms with Crippen LogP contribution in [0.5, 0.6) is 11.5 Å². The van der Waals surface area contributed by atoms with Gasteiger partial charge in [0.2, 0.25) is 0 Å². The van der Waals surface area contributed by atoms with Gasteiger partial charge in [-0.3, -0.25) is 0 Å². The normalized spacial score (nSPS) is 17.9. The number of nitrogens with one attached hydrogen (secondary N) is 1. The topological polar surface area (TPSA) is 78.8 Å². The molecule has 0 bridgehead atoms. The maximum absolute atomic E-state index is 12.5. The van der Waals surface area contributed by atoms with Gasteiger partial charge in [-0.15, -0.1) is 0 Å². The van der Waals surface area contributed by atoms with Gasteiger partial charge in [-0.25, -0.2) is 4.79 Å². The largest absolute Gasteiger partial charge is 0.508 e. The fraction of sp³-hybridized carbons (Fsp3) is 0.0952. The Balaban J connectivity index is 1.85. The van der Waals surface area contributed by atoms with E-state index in [4.69, 9.17) is 4.74 Å². The fourth-order valence-corrected chi connectivity index (χ4v) is 5.21. The lowest BCUT2D eigenvalue weighted by Crippen LogP contribution is -2.20. The van der Waals surface area contributed by atoms with Crippen molar-refractivity contribution in [2.75, 3.05) is 11.9 Å². The summed E-state index contributed by atoms with van der Waals surface area (Å²) in [6.45, 7) is 0.148. The minimum atomic E-state index is -0.498. The van der Waals surface area contributed by atoms with Crippen molar-refractivity contribution in [3.63, 3.8) is 0 Å². The number of carbonyl (C=O) groups is 1. The number of phenolic OH excluding ortho intramolecular Hbond substituents is 2. The van der Waals surface area contributed by atoms with E-state index >= 15 is 0 Å². The second kappa shape index (κ2) is 6.25. The first-order chi connectivity index (χ1) is 13.4. The molecule has 1 atom stereocenters. The maximum Gasteiger partial charge on any atom is 0.337 e. The summed E-state index contributed by atoms with van der Waals surface area (Å²) in [5.74, 6) is -0.666. The zero-order valence-electron chi connectivity index (χ0n) is 14.3. The molecule has 0 saturated heterocycles. The van der Waals surface area contributed by atoms with Gasteiger partial charge in [0, 0.05) is 21.3 Å². The number of benzene rings is 3. The lowest BCUT2D eigenvalue weighted by Gasteiger charge is -2.29. The van der Waals surface area contributed by atoms with Crippen molar-refractivity contribution in [2.24, 2.45) is 0 Å². The number of esters is 1. The van der Waals surface area contributed by atoms with Gasteiger partial charge in [-0.1, -0.05) is 34.1 Å². The Bertz CT molecular complexity index is 1220. The summed E-state index contributed by atoms with van der Waals surface area (Å²) in [6.07, 6.45) is 0. The van der Waals surface area contributed by atoms with Crippen molar-refractivity contribution in [1.29, 1.82) is 0 Å². The third-order valence-electron chi connectivity index (χ3n) is 5.17. The second-order valence-corrected chi connectivity index (χ2v) is 8.56. The van der Waals surface area contributed by atoms with Crippen LogP contribution in [0.4, 0.5) is 5.69 Å². The number of anilines is 1. The molecular formula is C21H13Br2NO4. The number of aromatic hydroxyl groups is 2. The van der Waals surface area contributed by atoms with Crippen LogP contribution in [0.15, 0.2) is 62.7 Å². The molecule has 7 heteroatoms. The molecular weight excluding hydrogens is 490 g/mol. The van der Waals surface area contributed by atoms with E-state index in [0.717, 1.165) is 26.5 Å². The number of phenols is 2. The molecule has 2 aliphatic rings. The summed E-state index contributed by atoms with van der Waals surface area (Å²) in [5.41, 5.74) is 3.39. The van der Waals surface area contributed by atoms with Gasteiger partial charge in [-0.05, 0) is 51.1 Å². The maximum atomic E-state index is 12.5. The molecule has 3 aromatic carbocycles. The molecule has 2 aliphatic heterocycles. The summed E-state index contributed by atoms with van der Waals surface area (Å²) in [4.78, 5) is 12.5. The number of fused-ring (bicyclic) bond motifs is 3. The van der Waals surface area contributed by atoms with Gasteiger partial charge in [0.1, 0.15) is 18.1 Å². The lowest BCUT2D eigenvalue weighted by molar-refractivity contribution is -0.136. The van der Waals surface area contributed by atoms with Gasteiger partial charge >= 0.3 is 5.97 Å². The summed E-state index contributed by atoms with van der Waals surface area (Å²) in [5, 5.41) is 25.9. The molecule has 140 valence electrons. The highest BCUT2D eigenvalue weighted by atomic mass is 79.9. The summed E-state index contributed by atoms with van der Waals surface area (Å²) >= 11 is 6.85. The molecule has 0 spiro atoms. The van der Waals surface area contributed by atoms with Crippen molar-refractivity contribution in [1.82, 2.24) is 0 Å². The third kappa shape index (κ3) is 2.53. The Morgan fingerprint density at radius 1 is 1.04 bits per heavy atom. The number of cyclic esters (lactones) is 1. The van der Waals surface area contributed by atoms with Crippen molar-refractivity contribution < 1.29 is 19.7 Å². The quantitative estimate of drug-likeness (QED) is 0.401. The van der Waals surface area contributed by atoms with Crippen LogP contribution in [-0.4, -0.2) is 22.8 Å². The van der Waals surface area contributed by atoms with Crippen molar-refractivity contribution in [3.8, 4) is 11.5 Å². The lowest BCUT2D eigenvalue weighted by atomic mass is 9.80. The average Bonchev–Trinajstić information content (AvgIpc) is 3.03. The zero-order valence-corrected chi connectivity index (χ0v) is 17.5. The van der Waals surface area contributed by atoms with E-state index in [2.05, 4.69) is 37.2 Å². The molecule has 0 aliphatic carbocycles. The van der Waals surface area contributed by atoms with E-state index in [-0.39, 0.29) is 18.1 Å². The SMILES string of the molecule is O=C1OCC2=C1C(c1cc(Br)cc(Br)c1O)c1ccc3ccc(O)cc3c1N2. The van der Waals surface area contributed by atoms with Crippen LogP contribution in [0.3, 0.4) is 0 Å². The van der Waals surface area contributed by atoms with Crippen LogP contribution in [-0.2, 0) is 9.53 Å². The highest BCUT2D eigenvalue weighted by Crippen LogP contribution is 2.50. The van der Waals surface area contributed by atoms with Crippen LogP contribution >= 0.6 is 31.9 Å². The van der Waals surface area contributed by atoms with Gasteiger partial charge < -0.3 is 20.3 Å². The van der Waals surface area contributed by atoms with Crippen LogP contribution < -0.4 is 5.32 Å².